The number of carbonyl (C=O) groups excluding carboxylic acids is 1. The molecule has 2 N–H and O–H groups in total. The van der Waals surface area contributed by atoms with Crippen molar-refractivity contribution in [3.63, 3.8) is 0 Å². The first-order chi connectivity index (χ1) is 9.45. The van der Waals surface area contributed by atoms with Crippen LogP contribution in [0.2, 0.25) is 0 Å². The van der Waals surface area contributed by atoms with E-state index in [4.69, 9.17) is 0 Å². The molecule has 1 heterocycles. The Hall–Kier alpha value is -0.660. The number of amides is 1. The normalized spacial score (nSPS) is 23.1. The highest BCUT2D eigenvalue weighted by Gasteiger charge is 2.25. The molecule has 0 aromatic rings. The Morgan fingerprint density at radius 1 is 1.10 bits per heavy atom. The highest BCUT2D eigenvalue weighted by molar-refractivity contribution is 7.88. The summed E-state index contributed by atoms with van der Waals surface area (Å²) in [6, 6.07) is 0.596. The topological polar surface area (TPSA) is 78.5 Å². The number of nitrogens with zero attached hydrogens (tertiary/aromatic N) is 1. The molecule has 116 valence electrons. The second-order valence-electron chi connectivity index (χ2n) is 5.87. The minimum absolute atomic E-state index is 0.0229. The molecule has 0 atom stereocenters. The van der Waals surface area contributed by atoms with Gasteiger partial charge >= 0.3 is 0 Å². The average molecular weight is 303 g/mol. The van der Waals surface area contributed by atoms with Gasteiger partial charge in [0.2, 0.25) is 15.9 Å². The maximum atomic E-state index is 11.8. The Labute approximate surface area is 121 Å². The monoisotopic (exact) mass is 303 g/mol. The van der Waals surface area contributed by atoms with Gasteiger partial charge < -0.3 is 10.6 Å². The maximum absolute atomic E-state index is 11.8. The summed E-state index contributed by atoms with van der Waals surface area (Å²) in [7, 11) is -3.09. The van der Waals surface area contributed by atoms with E-state index in [1.165, 1.54) is 36.2 Å². The van der Waals surface area contributed by atoms with Gasteiger partial charge in [-0.15, -0.1) is 0 Å². The van der Waals surface area contributed by atoms with Gasteiger partial charge in [-0.3, -0.25) is 4.79 Å². The fraction of sp³-hybridized carbons (Fsp3) is 0.923. The fourth-order valence-corrected chi connectivity index (χ4v) is 3.85. The molecule has 2 aliphatic rings. The van der Waals surface area contributed by atoms with Gasteiger partial charge in [0, 0.05) is 25.2 Å². The summed E-state index contributed by atoms with van der Waals surface area (Å²) >= 11 is 0. The first kappa shape index (κ1) is 15.7. The number of piperidine rings is 1. The summed E-state index contributed by atoms with van der Waals surface area (Å²) < 4.78 is 24.3. The van der Waals surface area contributed by atoms with Crippen molar-refractivity contribution < 1.29 is 13.2 Å². The average Bonchev–Trinajstić information content (AvgIpc) is 2.89. The molecule has 0 bridgehead atoms. The van der Waals surface area contributed by atoms with E-state index < -0.39 is 10.0 Å². The molecule has 20 heavy (non-hydrogen) atoms. The van der Waals surface area contributed by atoms with Gasteiger partial charge in [-0.2, -0.15) is 0 Å². The summed E-state index contributed by atoms with van der Waals surface area (Å²) in [6.07, 6.45) is 7.47. The molecule has 1 saturated heterocycles. The van der Waals surface area contributed by atoms with Crippen molar-refractivity contribution >= 4 is 15.9 Å². The Kier molecular flexibility index (Phi) is 5.40. The van der Waals surface area contributed by atoms with Gasteiger partial charge in [0.1, 0.15) is 0 Å². The molecule has 2 fully saturated rings. The van der Waals surface area contributed by atoms with Crippen LogP contribution in [0.3, 0.4) is 0 Å². The van der Waals surface area contributed by atoms with Gasteiger partial charge in [0.15, 0.2) is 0 Å². The zero-order valence-electron chi connectivity index (χ0n) is 12.1. The van der Waals surface area contributed by atoms with Gasteiger partial charge in [-0.05, 0) is 25.7 Å². The van der Waals surface area contributed by atoms with E-state index in [-0.39, 0.29) is 11.9 Å². The lowest BCUT2D eigenvalue weighted by molar-refractivity contribution is -0.121. The molecule has 1 amide bonds. The lowest BCUT2D eigenvalue weighted by atomic mass is 10.1. The summed E-state index contributed by atoms with van der Waals surface area (Å²) in [5, 5.41) is 6.28. The minimum atomic E-state index is -3.09. The Morgan fingerprint density at radius 3 is 2.25 bits per heavy atom. The van der Waals surface area contributed by atoms with Crippen molar-refractivity contribution in [3.05, 3.63) is 0 Å². The van der Waals surface area contributed by atoms with Crippen molar-refractivity contribution in [2.75, 3.05) is 25.9 Å². The predicted octanol–water partition coefficient (Wildman–Crippen LogP) is 0.0588. The molecule has 0 aromatic carbocycles. The van der Waals surface area contributed by atoms with Crippen molar-refractivity contribution in [1.82, 2.24) is 14.9 Å². The van der Waals surface area contributed by atoms with Gasteiger partial charge in [0.05, 0.1) is 12.8 Å². The smallest absolute Gasteiger partial charge is 0.234 e. The van der Waals surface area contributed by atoms with E-state index in [1.807, 2.05) is 0 Å². The number of nitrogens with one attached hydrogen (secondary N) is 2. The molecule has 1 aliphatic heterocycles. The van der Waals surface area contributed by atoms with Crippen LogP contribution in [-0.4, -0.2) is 56.6 Å². The van der Waals surface area contributed by atoms with Crippen LogP contribution in [0.4, 0.5) is 0 Å². The first-order valence-electron chi connectivity index (χ1n) is 7.43. The Bertz CT molecular complexity index is 424. The van der Waals surface area contributed by atoms with Crippen LogP contribution in [-0.2, 0) is 14.8 Å². The number of sulfonamides is 1. The van der Waals surface area contributed by atoms with E-state index in [9.17, 15) is 13.2 Å². The summed E-state index contributed by atoms with van der Waals surface area (Å²) in [5.41, 5.74) is 0. The molecular formula is C13H25N3O3S. The highest BCUT2D eigenvalue weighted by atomic mass is 32.2. The maximum Gasteiger partial charge on any atom is 0.234 e. The standard InChI is InChI=1S/C13H25N3O3S/c1-20(18,19)16-8-6-12(7-9-16)15-13(17)10-14-11-4-2-3-5-11/h11-12,14H,2-10H2,1H3,(H,15,17). The van der Waals surface area contributed by atoms with E-state index in [0.717, 1.165) is 0 Å². The molecular weight excluding hydrogens is 278 g/mol. The van der Waals surface area contributed by atoms with Crippen LogP contribution in [0.25, 0.3) is 0 Å². The lowest BCUT2D eigenvalue weighted by Crippen LogP contribution is -2.48. The van der Waals surface area contributed by atoms with E-state index >= 15 is 0 Å². The van der Waals surface area contributed by atoms with Crippen LogP contribution < -0.4 is 10.6 Å². The summed E-state index contributed by atoms with van der Waals surface area (Å²) in [4.78, 5) is 11.8. The van der Waals surface area contributed by atoms with E-state index in [2.05, 4.69) is 10.6 Å². The molecule has 6 nitrogen and oxygen atoms in total. The zero-order chi connectivity index (χ0) is 14.6. The third kappa shape index (κ3) is 4.71. The number of carbonyl (C=O) groups is 1. The van der Waals surface area contributed by atoms with Gasteiger partial charge in [-0.25, -0.2) is 12.7 Å². The molecule has 2 rings (SSSR count). The highest BCUT2D eigenvalue weighted by Crippen LogP contribution is 2.17. The van der Waals surface area contributed by atoms with Crippen LogP contribution in [0.15, 0.2) is 0 Å². The van der Waals surface area contributed by atoms with Crippen molar-refractivity contribution in [2.45, 2.75) is 50.6 Å². The van der Waals surface area contributed by atoms with E-state index in [1.54, 1.807) is 0 Å². The van der Waals surface area contributed by atoms with Crippen molar-refractivity contribution in [1.29, 1.82) is 0 Å². The van der Waals surface area contributed by atoms with Gasteiger partial charge in [0.25, 0.3) is 0 Å². The quantitative estimate of drug-likeness (QED) is 0.753. The van der Waals surface area contributed by atoms with Crippen molar-refractivity contribution in [2.24, 2.45) is 0 Å². The predicted molar refractivity (Wildman–Crippen MR) is 77.8 cm³/mol. The van der Waals surface area contributed by atoms with Crippen LogP contribution in [0.5, 0.6) is 0 Å². The molecule has 7 heteroatoms. The first-order valence-corrected chi connectivity index (χ1v) is 9.28. The Morgan fingerprint density at radius 2 is 1.70 bits per heavy atom. The molecule has 0 aromatic heterocycles. The second-order valence-corrected chi connectivity index (χ2v) is 7.85. The number of hydrogen-bond acceptors (Lipinski definition) is 4. The Balaban J connectivity index is 1.65. The minimum Gasteiger partial charge on any atom is -0.352 e. The SMILES string of the molecule is CS(=O)(=O)N1CCC(NC(=O)CNC2CCCC2)CC1. The number of rotatable bonds is 5. The van der Waals surface area contributed by atoms with Crippen molar-refractivity contribution in [3.8, 4) is 0 Å². The lowest BCUT2D eigenvalue weighted by Gasteiger charge is -2.30. The third-order valence-corrected chi connectivity index (χ3v) is 5.50. The molecule has 0 radical (unpaired) electrons. The van der Waals surface area contributed by atoms with Crippen LogP contribution in [0, 0.1) is 0 Å². The molecule has 1 saturated carbocycles. The largest absolute Gasteiger partial charge is 0.352 e. The molecule has 1 aliphatic carbocycles. The fourth-order valence-electron chi connectivity index (χ4n) is 2.98. The zero-order valence-corrected chi connectivity index (χ0v) is 12.9. The van der Waals surface area contributed by atoms with E-state index in [0.29, 0.717) is 38.5 Å². The molecule has 0 spiro atoms. The number of hydrogen-bond donors (Lipinski definition) is 2. The van der Waals surface area contributed by atoms with Crippen LogP contribution in [0.1, 0.15) is 38.5 Å². The van der Waals surface area contributed by atoms with Crippen LogP contribution >= 0.6 is 0 Å². The third-order valence-electron chi connectivity index (χ3n) is 4.19. The summed E-state index contributed by atoms with van der Waals surface area (Å²) in [5.74, 6) is 0.0229. The van der Waals surface area contributed by atoms with Gasteiger partial charge in [-0.1, -0.05) is 12.8 Å². The second kappa shape index (κ2) is 6.87. The summed E-state index contributed by atoms with van der Waals surface area (Å²) in [6.45, 7) is 1.37. The molecule has 0 unspecified atom stereocenters.